The van der Waals surface area contributed by atoms with E-state index in [1.807, 2.05) is 0 Å². The van der Waals surface area contributed by atoms with Crippen molar-refractivity contribution in [2.24, 2.45) is 0 Å². The van der Waals surface area contributed by atoms with E-state index in [0.29, 0.717) is 19.3 Å². The molecule has 0 bridgehead atoms. The van der Waals surface area contributed by atoms with Crippen LogP contribution in [-0.4, -0.2) is 184 Å². The third-order valence-corrected chi connectivity index (χ3v) is 8.39. The number of methoxy groups -OCH3 is 1. The highest BCUT2D eigenvalue weighted by Crippen LogP contribution is 2.31. The van der Waals surface area contributed by atoms with Crippen molar-refractivity contribution >= 4 is 17.8 Å². The van der Waals surface area contributed by atoms with E-state index in [1.54, 1.807) is 0 Å². The molecule has 0 unspecified atom stereocenters. The number of carbonyl (C=O) groups excluding carboxylic acids is 3. The molecule has 0 aromatic rings. The molecule has 0 spiro atoms. The van der Waals surface area contributed by atoms with Gasteiger partial charge in [0, 0.05) is 26.9 Å². The Bertz CT molecular complexity index is 1060. The van der Waals surface area contributed by atoms with Crippen molar-refractivity contribution in [3.63, 3.8) is 0 Å². The molecule has 0 aliphatic carbocycles. The van der Waals surface area contributed by atoms with E-state index in [1.165, 1.54) is 7.11 Å². The van der Waals surface area contributed by atoms with Crippen LogP contribution in [0.5, 0.6) is 0 Å². The van der Waals surface area contributed by atoms with Crippen molar-refractivity contribution in [2.45, 2.75) is 132 Å². The zero-order chi connectivity index (χ0) is 36.4. The van der Waals surface area contributed by atoms with Gasteiger partial charge in [-0.15, -0.1) is 0 Å². The molecule has 20 nitrogen and oxygen atoms in total. The second kappa shape index (κ2) is 19.5. The summed E-state index contributed by atoms with van der Waals surface area (Å²) in [5.41, 5.74) is 0. The summed E-state index contributed by atoms with van der Waals surface area (Å²) in [5, 5.41) is 88.7. The van der Waals surface area contributed by atoms with Crippen molar-refractivity contribution in [2.75, 3.05) is 33.5 Å². The van der Waals surface area contributed by atoms with Crippen molar-refractivity contribution < 1.29 is 88.4 Å². The van der Waals surface area contributed by atoms with Crippen LogP contribution in [-0.2, 0) is 47.5 Å². The number of hydrogen-bond acceptors (Lipinski definition) is 18. The molecule has 15 atom stereocenters. The maximum absolute atomic E-state index is 11.9. The number of unbranched alkanes of at least 4 members (excludes halogenated alkanes) is 2. The Morgan fingerprint density at radius 1 is 0.633 bits per heavy atom. The molecule has 0 aromatic heterocycles. The summed E-state index contributed by atoms with van der Waals surface area (Å²) in [6.07, 6.45) is -18.6. The van der Waals surface area contributed by atoms with Gasteiger partial charge in [-0.25, -0.2) is 0 Å². The standard InChI is InChI=1S/C29H50N2O18/c1-12(34)30-18-23(40)20(37)14(9-32)46-27(18)45-11-16-22(39)26(25(42)29(48-16)44-8-6-4-5-7-17(36)43-3)49-28-19(31-13(2)35)24(41)21(38)15(10-33)47-28/h14-16,18-29,32-33,37-42H,4-11H2,1-3H3,(H,30,34)(H,31,35)/t14-,15-,16-,18-,19-,20-,21-,22+,23-,24-,25-,26+,27-,28+,29-/m1/s1. The SMILES string of the molecule is COC(=O)CCCCCO[C@@H]1O[C@H](CO[C@@H]2O[C@H](CO)[C@@H](O)[C@H](O)[C@H]2NC(C)=O)[C@H](O)[C@H](O[C@@H]2O[C@H](CO)[C@@H](O)[C@H](O)[C@H]2NC(C)=O)[C@H]1O. The normalized spacial score (nSPS) is 39.6. The Hall–Kier alpha value is -2.15. The van der Waals surface area contributed by atoms with Crippen LogP contribution in [0.1, 0.15) is 39.5 Å². The quantitative estimate of drug-likeness (QED) is 0.0527. The Morgan fingerprint density at radius 3 is 1.69 bits per heavy atom. The second-order valence-electron chi connectivity index (χ2n) is 12.1. The summed E-state index contributed by atoms with van der Waals surface area (Å²) in [5.74, 6) is -1.61. The lowest BCUT2D eigenvalue weighted by atomic mass is 9.95. The Balaban J connectivity index is 1.81. The first-order valence-corrected chi connectivity index (χ1v) is 16.0. The molecule has 10 N–H and O–H groups in total. The van der Waals surface area contributed by atoms with E-state index in [9.17, 15) is 55.2 Å². The number of aliphatic hydroxyl groups is 8. The molecule has 3 aliphatic rings. The average Bonchev–Trinajstić information content (AvgIpc) is 3.06. The van der Waals surface area contributed by atoms with Gasteiger partial charge in [-0.1, -0.05) is 6.42 Å². The van der Waals surface area contributed by atoms with Gasteiger partial charge in [0.25, 0.3) is 0 Å². The van der Waals surface area contributed by atoms with Gasteiger partial charge in [-0.3, -0.25) is 14.4 Å². The number of rotatable bonds is 16. The van der Waals surface area contributed by atoms with Gasteiger partial charge in [-0.2, -0.15) is 0 Å². The van der Waals surface area contributed by atoms with Gasteiger partial charge in [0.2, 0.25) is 11.8 Å². The summed E-state index contributed by atoms with van der Waals surface area (Å²) >= 11 is 0. The maximum Gasteiger partial charge on any atom is 0.305 e. The molecule has 3 aliphatic heterocycles. The van der Waals surface area contributed by atoms with E-state index in [0.717, 1.165) is 13.8 Å². The van der Waals surface area contributed by atoms with Crippen LogP contribution in [0.4, 0.5) is 0 Å². The average molecular weight is 715 g/mol. The predicted octanol–water partition coefficient (Wildman–Crippen LogP) is -5.53. The van der Waals surface area contributed by atoms with Crippen molar-refractivity contribution in [3.8, 4) is 0 Å². The van der Waals surface area contributed by atoms with E-state index in [2.05, 4.69) is 15.4 Å². The molecule has 3 saturated heterocycles. The summed E-state index contributed by atoms with van der Waals surface area (Å²) in [4.78, 5) is 35.1. The minimum Gasteiger partial charge on any atom is -0.469 e. The van der Waals surface area contributed by atoms with E-state index in [4.69, 9.17) is 28.4 Å². The lowest BCUT2D eigenvalue weighted by Gasteiger charge is -2.47. The highest BCUT2D eigenvalue weighted by molar-refractivity contribution is 5.73. The monoisotopic (exact) mass is 714 g/mol. The van der Waals surface area contributed by atoms with Gasteiger partial charge in [0.05, 0.1) is 26.9 Å². The lowest BCUT2D eigenvalue weighted by Crippen LogP contribution is -2.68. The number of amides is 2. The summed E-state index contributed by atoms with van der Waals surface area (Å²) < 4.78 is 39.1. The van der Waals surface area contributed by atoms with Gasteiger partial charge >= 0.3 is 5.97 Å². The van der Waals surface area contributed by atoms with Crippen LogP contribution < -0.4 is 10.6 Å². The number of nitrogens with one attached hydrogen (secondary N) is 2. The molecule has 3 fully saturated rings. The fraction of sp³-hybridized carbons (Fsp3) is 0.897. The van der Waals surface area contributed by atoms with E-state index in [-0.39, 0.29) is 19.0 Å². The number of ether oxygens (including phenoxy) is 7. The second-order valence-corrected chi connectivity index (χ2v) is 12.1. The van der Waals surface area contributed by atoms with Crippen LogP contribution in [0.15, 0.2) is 0 Å². The summed E-state index contributed by atoms with van der Waals surface area (Å²) in [6.45, 7) is 0.278. The first-order chi connectivity index (χ1) is 23.2. The third-order valence-electron chi connectivity index (χ3n) is 8.39. The molecule has 0 aromatic carbocycles. The highest BCUT2D eigenvalue weighted by Gasteiger charge is 2.52. The van der Waals surface area contributed by atoms with Crippen molar-refractivity contribution in [1.29, 1.82) is 0 Å². The lowest BCUT2D eigenvalue weighted by molar-refractivity contribution is -0.353. The topological polar surface area (TPSA) is 302 Å². The first-order valence-electron chi connectivity index (χ1n) is 16.0. The van der Waals surface area contributed by atoms with Gasteiger partial charge in [0.1, 0.15) is 73.1 Å². The van der Waals surface area contributed by atoms with Crippen LogP contribution in [0.2, 0.25) is 0 Å². The van der Waals surface area contributed by atoms with E-state index >= 15 is 0 Å². The molecule has 49 heavy (non-hydrogen) atoms. The van der Waals surface area contributed by atoms with Gasteiger partial charge < -0.3 is 84.6 Å². The highest BCUT2D eigenvalue weighted by atomic mass is 16.7. The molecule has 0 radical (unpaired) electrons. The van der Waals surface area contributed by atoms with Crippen LogP contribution in [0, 0.1) is 0 Å². The minimum atomic E-state index is -1.75. The minimum absolute atomic E-state index is 0.0177. The zero-order valence-corrected chi connectivity index (χ0v) is 27.5. The predicted molar refractivity (Wildman–Crippen MR) is 159 cm³/mol. The Morgan fingerprint density at radius 2 is 1.16 bits per heavy atom. The Labute approximate surface area is 282 Å². The number of hydrogen-bond donors (Lipinski definition) is 10. The van der Waals surface area contributed by atoms with Gasteiger partial charge in [-0.05, 0) is 12.8 Å². The fourth-order valence-corrected chi connectivity index (χ4v) is 5.73. The number of carbonyl (C=O) groups is 3. The molecule has 2 amide bonds. The molecular formula is C29H50N2O18. The third kappa shape index (κ3) is 10.9. The molecule has 20 heteroatoms. The largest absolute Gasteiger partial charge is 0.469 e. The van der Waals surface area contributed by atoms with Crippen molar-refractivity contribution in [1.82, 2.24) is 10.6 Å². The molecule has 3 rings (SSSR count). The van der Waals surface area contributed by atoms with Crippen LogP contribution >= 0.6 is 0 Å². The summed E-state index contributed by atoms with van der Waals surface area (Å²) in [7, 11) is 1.28. The molecule has 0 saturated carbocycles. The molecule has 3 heterocycles. The number of aliphatic hydroxyl groups excluding tert-OH is 8. The smallest absolute Gasteiger partial charge is 0.305 e. The molecule has 284 valence electrons. The Kier molecular flexibility index (Phi) is 16.4. The van der Waals surface area contributed by atoms with E-state index < -0.39 is 124 Å². The van der Waals surface area contributed by atoms with Crippen LogP contribution in [0.3, 0.4) is 0 Å². The first kappa shape index (κ1) is 41.3. The summed E-state index contributed by atoms with van der Waals surface area (Å²) in [6, 6.07) is -2.73. The zero-order valence-electron chi connectivity index (χ0n) is 27.5. The number of esters is 1. The molecular weight excluding hydrogens is 664 g/mol. The van der Waals surface area contributed by atoms with Crippen LogP contribution in [0.25, 0.3) is 0 Å². The van der Waals surface area contributed by atoms with Gasteiger partial charge in [0.15, 0.2) is 18.9 Å². The fourth-order valence-electron chi connectivity index (χ4n) is 5.73. The van der Waals surface area contributed by atoms with Crippen molar-refractivity contribution in [3.05, 3.63) is 0 Å². The maximum atomic E-state index is 11.9.